The molecular formula is C19H23N3O4. The molecule has 0 aliphatic heterocycles. The van der Waals surface area contributed by atoms with E-state index in [0.29, 0.717) is 36.1 Å². The Hall–Kier alpha value is -3.09. The number of amides is 2. The zero-order valence-corrected chi connectivity index (χ0v) is 15.2. The minimum Gasteiger partial charge on any atom is -0.490 e. The quantitative estimate of drug-likeness (QED) is 0.785. The first kappa shape index (κ1) is 19.2. The fourth-order valence-electron chi connectivity index (χ4n) is 2.30. The number of carbonyl (C=O) groups is 2. The summed E-state index contributed by atoms with van der Waals surface area (Å²) in [6.07, 6.45) is 1.54. The molecule has 0 atom stereocenters. The van der Waals surface area contributed by atoms with E-state index in [0.717, 1.165) is 0 Å². The molecule has 2 rings (SSSR count). The average molecular weight is 357 g/mol. The molecule has 0 saturated heterocycles. The first-order chi connectivity index (χ1) is 12.5. The standard InChI is InChI=1S/C19H23N3O4/c1-4-25-16-10-9-14(12-17(16)26-5-2)21-18(23)13-22(3)19(24)15-8-6-7-11-20-15/h6-12H,4-5,13H2,1-3H3,(H,21,23). The lowest BCUT2D eigenvalue weighted by atomic mass is 10.2. The molecule has 1 aromatic carbocycles. The number of rotatable bonds is 8. The minimum absolute atomic E-state index is 0.0907. The molecule has 26 heavy (non-hydrogen) atoms. The van der Waals surface area contributed by atoms with Gasteiger partial charge in [-0.05, 0) is 38.1 Å². The Kier molecular flexibility index (Phi) is 6.96. The number of nitrogens with one attached hydrogen (secondary N) is 1. The summed E-state index contributed by atoms with van der Waals surface area (Å²) in [4.78, 5) is 29.8. The second kappa shape index (κ2) is 9.41. The highest BCUT2D eigenvalue weighted by atomic mass is 16.5. The van der Waals surface area contributed by atoms with E-state index in [1.807, 2.05) is 13.8 Å². The molecule has 138 valence electrons. The van der Waals surface area contributed by atoms with Crippen molar-refractivity contribution in [2.75, 3.05) is 32.1 Å². The maximum absolute atomic E-state index is 12.2. The normalized spacial score (nSPS) is 10.1. The van der Waals surface area contributed by atoms with Gasteiger partial charge in [0, 0.05) is 25.0 Å². The van der Waals surface area contributed by atoms with Crippen LogP contribution in [0.15, 0.2) is 42.6 Å². The molecule has 0 spiro atoms. The van der Waals surface area contributed by atoms with Crippen molar-refractivity contribution in [3.8, 4) is 11.5 Å². The number of pyridine rings is 1. The molecule has 0 radical (unpaired) electrons. The van der Waals surface area contributed by atoms with Gasteiger partial charge in [-0.2, -0.15) is 0 Å². The number of nitrogens with zero attached hydrogens (tertiary/aromatic N) is 2. The fourth-order valence-corrected chi connectivity index (χ4v) is 2.30. The Bertz CT molecular complexity index is 750. The van der Waals surface area contributed by atoms with Crippen molar-refractivity contribution < 1.29 is 19.1 Å². The number of hydrogen-bond acceptors (Lipinski definition) is 5. The molecule has 0 fully saturated rings. The first-order valence-electron chi connectivity index (χ1n) is 8.41. The number of carbonyl (C=O) groups excluding carboxylic acids is 2. The predicted octanol–water partition coefficient (Wildman–Crippen LogP) is 2.59. The molecule has 0 aliphatic rings. The lowest BCUT2D eigenvalue weighted by Gasteiger charge is -2.17. The maximum Gasteiger partial charge on any atom is 0.272 e. The van der Waals surface area contributed by atoms with Crippen LogP contribution >= 0.6 is 0 Å². The average Bonchev–Trinajstić information content (AvgIpc) is 2.64. The van der Waals surface area contributed by atoms with E-state index in [1.165, 1.54) is 11.1 Å². The van der Waals surface area contributed by atoms with Crippen LogP contribution in [0.5, 0.6) is 11.5 Å². The summed E-state index contributed by atoms with van der Waals surface area (Å²) in [5, 5.41) is 2.76. The van der Waals surface area contributed by atoms with Gasteiger partial charge in [-0.25, -0.2) is 0 Å². The summed E-state index contributed by atoms with van der Waals surface area (Å²) in [5.74, 6) is 0.547. The number of likely N-dealkylation sites (N-methyl/N-ethyl adjacent to an activating group) is 1. The van der Waals surface area contributed by atoms with Gasteiger partial charge in [-0.3, -0.25) is 14.6 Å². The van der Waals surface area contributed by atoms with Crippen molar-refractivity contribution in [2.45, 2.75) is 13.8 Å². The first-order valence-corrected chi connectivity index (χ1v) is 8.41. The summed E-state index contributed by atoms with van der Waals surface area (Å²) >= 11 is 0. The zero-order chi connectivity index (χ0) is 18.9. The monoisotopic (exact) mass is 357 g/mol. The summed E-state index contributed by atoms with van der Waals surface area (Å²) in [5.41, 5.74) is 0.864. The minimum atomic E-state index is -0.317. The third-order valence-electron chi connectivity index (χ3n) is 3.44. The van der Waals surface area contributed by atoms with E-state index < -0.39 is 0 Å². The Labute approximate surface area is 152 Å². The lowest BCUT2D eigenvalue weighted by Crippen LogP contribution is -2.35. The van der Waals surface area contributed by atoms with Gasteiger partial charge in [0.25, 0.3) is 5.91 Å². The van der Waals surface area contributed by atoms with Crippen molar-refractivity contribution in [1.29, 1.82) is 0 Å². The molecule has 1 N–H and O–H groups in total. The van der Waals surface area contributed by atoms with Crippen LogP contribution in [0.2, 0.25) is 0 Å². The van der Waals surface area contributed by atoms with E-state index in [2.05, 4.69) is 10.3 Å². The second-order valence-electron chi connectivity index (χ2n) is 5.45. The van der Waals surface area contributed by atoms with Gasteiger partial charge in [-0.15, -0.1) is 0 Å². The molecule has 0 bridgehead atoms. The Balaban J connectivity index is 2.00. The van der Waals surface area contributed by atoms with Gasteiger partial charge in [0.15, 0.2) is 11.5 Å². The van der Waals surface area contributed by atoms with Crippen molar-refractivity contribution in [2.24, 2.45) is 0 Å². The largest absolute Gasteiger partial charge is 0.490 e. The lowest BCUT2D eigenvalue weighted by molar-refractivity contribution is -0.116. The van der Waals surface area contributed by atoms with E-state index in [4.69, 9.17) is 9.47 Å². The predicted molar refractivity (Wildman–Crippen MR) is 98.6 cm³/mol. The number of ether oxygens (including phenoxy) is 2. The smallest absolute Gasteiger partial charge is 0.272 e. The van der Waals surface area contributed by atoms with Gasteiger partial charge >= 0.3 is 0 Å². The van der Waals surface area contributed by atoms with Crippen LogP contribution < -0.4 is 14.8 Å². The van der Waals surface area contributed by atoms with E-state index >= 15 is 0 Å². The van der Waals surface area contributed by atoms with Crippen LogP contribution in [0.3, 0.4) is 0 Å². The fraction of sp³-hybridized carbons (Fsp3) is 0.316. The van der Waals surface area contributed by atoms with Gasteiger partial charge in [-0.1, -0.05) is 6.07 Å². The maximum atomic E-state index is 12.2. The third kappa shape index (κ3) is 5.20. The van der Waals surface area contributed by atoms with Crippen LogP contribution in [0, 0.1) is 0 Å². The van der Waals surface area contributed by atoms with Crippen molar-refractivity contribution in [3.05, 3.63) is 48.3 Å². The molecule has 7 heteroatoms. The molecule has 7 nitrogen and oxygen atoms in total. The Morgan fingerprint density at radius 2 is 1.81 bits per heavy atom. The third-order valence-corrected chi connectivity index (χ3v) is 3.44. The van der Waals surface area contributed by atoms with E-state index in [1.54, 1.807) is 43.4 Å². The SMILES string of the molecule is CCOc1ccc(NC(=O)CN(C)C(=O)c2ccccn2)cc1OCC. The summed E-state index contributed by atoms with van der Waals surface area (Å²) in [6, 6.07) is 10.2. The number of hydrogen-bond donors (Lipinski definition) is 1. The van der Waals surface area contributed by atoms with Crippen molar-refractivity contribution in [3.63, 3.8) is 0 Å². The van der Waals surface area contributed by atoms with E-state index in [-0.39, 0.29) is 18.4 Å². The summed E-state index contributed by atoms with van der Waals surface area (Å²) in [7, 11) is 1.56. The zero-order valence-electron chi connectivity index (χ0n) is 15.2. The molecule has 2 aromatic rings. The Morgan fingerprint density at radius 3 is 2.46 bits per heavy atom. The summed E-state index contributed by atoms with van der Waals surface area (Å²) < 4.78 is 11.0. The van der Waals surface area contributed by atoms with Crippen LogP contribution in [-0.2, 0) is 4.79 Å². The van der Waals surface area contributed by atoms with Gasteiger partial charge in [0.2, 0.25) is 5.91 Å². The summed E-state index contributed by atoms with van der Waals surface area (Å²) in [6.45, 7) is 4.68. The number of aromatic nitrogens is 1. The Morgan fingerprint density at radius 1 is 1.08 bits per heavy atom. The van der Waals surface area contributed by atoms with Crippen molar-refractivity contribution >= 4 is 17.5 Å². The molecule has 0 saturated carbocycles. The van der Waals surface area contributed by atoms with E-state index in [9.17, 15) is 9.59 Å². The van der Waals surface area contributed by atoms with Crippen LogP contribution in [-0.4, -0.2) is 48.5 Å². The van der Waals surface area contributed by atoms with Gasteiger partial charge in [0.05, 0.1) is 19.8 Å². The molecular weight excluding hydrogens is 334 g/mol. The highest BCUT2D eigenvalue weighted by Crippen LogP contribution is 2.30. The molecule has 0 aliphatic carbocycles. The van der Waals surface area contributed by atoms with Crippen LogP contribution in [0.1, 0.15) is 24.3 Å². The second-order valence-corrected chi connectivity index (χ2v) is 5.45. The highest BCUT2D eigenvalue weighted by molar-refractivity contribution is 5.98. The molecule has 1 heterocycles. The molecule has 2 amide bonds. The molecule has 1 aromatic heterocycles. The van der Waals surface area contributed by atoms with Crippen LogP contribution in [0.4, 0.5) is 5.69 Å². The van der Waals surface area contributed by atoms with Crippen LogP contribution in [0.25, 0.3) is 0 Å². The van der Waals surface area contributed by atoms with Gasteiger partial charge < -0.3 is 19.7 Å². The number of benzene rings is 1. The highest BCUT2D eigenvalue weighted by Gasteiger charge is 2.16. The van der Waals surface area contributed by atoms with Crippen molar-refractivity contribution in [1.82, 2.24) is 9.88 Å². The topological polar surface area (TPSA) is 80.8 Å². The molecule has 0 unspecified atom stereocenters. The number of anilines is 1. The van der Waals surface area contributed by atoms with Gasteiger partial charge in [0.1, 0.15) is 5.69 Å².